The number of amides is 1. The van der Waals surface area contributed by atoms with E-state index in [1.807, 2.05) is 6.92 Å². The highest BCUT2D eigenvalue weighted by Gasteiger charge is 2.57. The summed E-state index contributed by atoms with van der Waals surface area (Å²) in [6.45, 7) is 2.55. The maximum atomic E-state index is 14.7. The lowest BCUT2D eigenvalue weighted by Crippen LogP contribution is -2.55. The Kier molecular flexibility index (Phi) is 5.27. The third-order valence-corrected chi connectivity index (χ3v) is 7.28. The van der Waals surface area contributed by atoms with Crippen molar-refractivity contribution in [3.63, 3.8) is 0 Å². The fourth-order valence-corrected chi connectivity index (χ4v) is 5.32. The molecule has 2 atom stereocenters. The fraction of sp³-hybridized carbons (Fsp3) is 0.458. The summed E-state index contributed by atoms with van der Waals surface area (Å²) in [4.78, 5) is 14.6. The molecular formula is C24H26F4N4O. The van der Waals surface area contributed by atoms with Crippen molar-refractivity contribution in [3.8, 4) is 0 Å². The first-order valence-electron chi connectivity index (χ1n) is 11.2. The van der Waals surface area contributed by atoms with E-state index in [1.54, 1.807) is 17.0 Å². The van der Waals surface area contributed by atoms with Crippen LogP contribution in [0.2, 0.25) is 0 Å². The van der Waals surface area contributed by atoms with E-state index in [-0.39, 0.29) is 31.0 Å². The second kappa shape index (κ2) is 7.90. The Bertz CT molecular complexity index is 1080. The number of fused-ring (bicyclic) bond motifs is 1. The first kappa shape index (κ1) is 22.0. The van der Waals surface area contributed by atoms with Gasteiger partial charge in [-0.15, -0.1) is 0 Å². The van der Waals surface area contributed by atoms with Crippen LogP contribution in [0, 0.1) is 24.0 Å². The summed E-state index contributed by atoms with van der Waals surface area (Å²) >= 11 is 0. The molecule has 3 aliphatic rings. The van der Waals surface area contributed by atoms with Crippen molar-refractivity contribution in [1.82, 2.24) is 5.32 Å². The summed E-state index contributed by atoms with van der Waals surface area (Å²) in [7, 11) is 0. The number of rotatable bonds is 3. The van der Waals surface area contributed by atoms with E-state index in [1.165, 1.54) is 18.2 Å². The van der Waals surface area contributed by atoms with E-state index in [9.17, 15) is 22.4 Å². The molecule has 0 saturated carbocycles. The highest BCUT2D eigenvalue weighted by atomic mass is 19.3. The Balaban J connectivity index is 1.31. The predicted octanol–water partition coefficient (Wildman–Crippen LogP) is 4.07. The molecule has 0 radical (unpaired) electrons. The number of hydrogen-bond acceptors (Lipinski definition) is 4. The number of carbonyl (C=O) groups is 1. The van der Waals surface area contributed by atoms with Crippen molar-refractivity contribution in [2.75, 3.05) is 41.7 Å². The molecule has 2 fully saturated rings. The zero-order valence-corrected chi connectivity index (χ0v) is 18.3. The number of halogens is 4. The SMILES string of the molecule is Cc1ccc(F)c2c1NC(C(=O)Nc1cc(F)cc(N3CCC4(CCNCC4(F)F)C3)c1)C2. The molecule has 5 nitrogen and oxygen atoms in total. The number of alkyl halides is 2. The van der Waals surface area contributed by atoms with Crippen LogP contribution < -0.4 is 20.9 Å². The van der Waals surface area contributed by atoms with Gasteiger partial charge in [-0.05, 0) is 56.1 Å². The summed E-state index contributed by atoms with van der Waals surface area (Å²) in [5.74, 6) is -4.18. The molecule has 9 heteroatoms. The van der Waals surface area contributed by atoms with Gasteiger partial charge >= 0.3 is 0 Å². The first-order valence-corrected chi connectivity index (χ1v) is 11.2. The molecule has 3 aliphatic heterocycles. The highest BCUT2D eigenvalue weighted by Crippen LogP contribution is 2.49. The third-order valence-electron chi connectivity index (χ3n) is 7.28. The summed E-state index contributed by atoms with van der Waals surface area (Å²) in [6, 6.07) is 6.44. The second-order valence-electron chi connectivity index (χ2n) is 9.39. The van der Waals surface area contributed by atoms with E-state index >= 15 is 0 Å². The van der Waals surface area contributed by atoms with E-state index in [4.69, 9.17) is 0 Å². The van der Waals surface area contributed by atoms with Gasteiger partial charge in [0.05, 0.1) is 12.0 Å². The first-order chi connectivity index (χ1) is 15.7. The third kappa shape index (κ3) is 3.82. The topological polar surface area (TPSA) is 56.4 Å². The van der Waals surface area contributed by atoms with Gasteiger partial charge in [0.2, 0.25) is 5.91 Å². The lowest BCUT2D eigenvalue weighted by molar-refractivity contribution is -0.128. The molecule has 1 spiro atoms. The number of hydrogen-bond donors (Lipinski definition) is 3. The van der Waals surface area contributed by atoms with Crippen molar-refractivity contribution < 1.29 is 22.4 Å². The largest absolute Gasteiger partial charge is 0.373 e. The van der Waals surface area contributed by atoms with Gasteiger partial charge in [0.25, 0.3) is 5.92 Å². The summed E-state index contributed by atoms with van der Waals surface area (Å²) in [6.07, 6.45) is 0.878. The highest BCUT2D eigenvalue weighted by molar-refractivity contribution is 5.98. The molecule has 33 heavy (non-hydrogen) atoms. The summed E-state index contributed by atoms with van der Waals surface area (Å²) in [5.41, 5.74) is 1.48. The molecular weight excluding hydrogens is 436 g/mol. The Morgan fingerprint density at radius 3 is 2.76 bits per heavy atom. The minimum absolute atomic E-state index is 0.135. The van der Waals surface area contributed by atoms with Crippen LogP contribution in [0.5, 0.6) is 0 Å². The van der Waals surface area contributed by atoms with Crippen LogP contribution in [0.15, 0.2) is 30.3 Å². The molecule has 3 heterocycles. The molecule has 176 valence electrons. The van der Waals surface area contributed by atoms with Crippen LogP contribution in [0.1, 0.15) is 24.0 Å². The van der Waals surface area contributed by atoms with Gasteiger partial charge in [-0.1, -0.05) is 6.07 Å². The standard InChI is InChI=1S/C24H26F4N4O/c1-14-2-3-19(26)18-11-20(31-21(14)18)22(33)30-16-8-15(25)9-17(10-16)32-7-5-23(13-32)4-6-29-12-24(23,27)28/h2-3,8-10,20,29,31H,4-7,11-13H2,1H3,(H,30,33). The fourth-order valence-electron chi connectivity index (χ4n) is 5.32. The van der Waals surface area contributed by atoms with E-state index in [0.29, 0.717) is 42.9 Å². The smallest absolute Gasteiger partial charge is 0.267 e. The average molecular weight is 462 g/mol. The van der Waals surface area contributed by atoms with Gasteiger partial charge < -0.3 is 20.9 Å². The normalized spacial score (nSPS) is 25.7. The van der Waals surface area contributed by atoms with Crippen LogP contribution in [0.25, 0.3) is 0 Å². The van der Waals surface area contributed by atoms with Crippen LogP contribution in [-0.2, 0) is 11.2 Å². The van der Waals surface area contributed by atoms with E-state index in [0.717, 1.165) is 5.56 Å². The minimum Gasteiger partial charge on any atom is -0.373 e. The Morgan fingerprint density at radius 2 is 2.00 bits per heavy atom. The van der Waals surface area contributed by atoms with Crippen LogP contribution in [-0.4, -0.2) is 44.1 Å². The van der Waals surface area contributed by atoms with Gasteiger partial charge in [0.15, 0.2) is 0 Å². The Labute approximate surface area is 189 Å². The summed E-state index contributed by atoms with van der Waals surface area (Å²) < 4.78 is 57.9. The van der Waals surface area contributed by atoms with Gasteiger partial charge in [0.1, 0.15) is 17.7 Å². The molecule has 2 saturated heterocycles. The molecule has 1 amide bonds. The molecule has 0 bridgehead atoms. The van der Waals surface area contributed by atoms with E-state index in [2.05, 4.69) is 16.0 Å². The number of benzene rings is 2. The monoisotopic (exact) mass is 462 g/mol. The molecule has 2 aromatic rings. The number of piperidine rings is 1. The second-order valence-corrected chi connectivity index (χ2v) is 9.39. The van der Waals surface area contributed by atoms with Crippen molar-refractivity contribution in [2.45, 2.75) is 38.2 Å². The average Bonchev–Trinajstić information content (AvgIpc) is 3.40. The van der Waals surface area contributed by atoms with Crippen LogP contribution >= 0.6 is 0 Å². The quantitative estimate of drug-likeness (QED) is 0.602. The lowest BCUT2D eigenvalue weighted by atomic mass is 9.75. The van der Waals surface area contributed by atoms with Crippen molar-refractivity contribution >= 4 is 23.0 Å². The minimum atomic E-state index is -2.83. The van der Waals surface area contributed by atoms with Crippen molar-refractivity contribution in [3.05, 3.63) is 53.1 Å². The molecule has 2 aromatic carbocycles. The number of anilines is 3. The van der Waals surface area contributed by atoms with Crippen LogP contribution in [0.3, 0.4) is 0 Å². The number of carbonyl (C=O) groups excluding carboxylic acids is 1. The van der Waals surface area contributed by atoms with Crippen molar-refractivity contribution in [2.24, 2.45) is 5.41 Å². The van der Waals surface area contributed by atoms with Gasteiger partial charge in [0, 0.05) is 42.1 Å². The molecule has 5 rings (SSSR count). The number of aryl methyl sites for hydroxylation is 1. The molecule has 0 aliphatic carbocycles. The maximum Gasteiger partial charge on any atom is 0.267 e. The number of nitrogens with zero attached hydrogens (tertiary/aromatic N) is 1. The zero-order valence-electron chi connectivity index (χ0n) is 18.3. The number of nitrogens with one attached hydrogen (secondary N) is 3. The molecule has 3 N–H and O–H groups in total. The van der Waals surface area contributed by atoms with Crippen molar-refractivity contribution in [1.29, 1.82) is 0 Å². The summed E-state index contributed by atoms with van der Waals surface area (Å²) in [5, 5.41) is 8.51. The maximum absolute atomic E-state index is 14.7. The Morgan fingerprint density at radius 1 is 1.18 bits per heavy atom. The predicted molar refractivity (Wildman–Crippen MR) is 119 cm³/mol. The lowest BCUT2D eigenvalue weighted by Gasteiger charge is -2.41. The van der Waals surface area contributed by atoms with Crippen LogP contribution in [0.4, 0.5) is 34.6 Å². The zero-order chi connectivity index (χ0) is 23.4. The van der Waals surface area contributed by atoms with Gasteiger partial charge in [-0.25, -0.2) is 17.6 Å². The van der Waals surface area contributed by atoms with Gasteiger partial charge in [-0.2, -0.15) is 0 Å². The molecule has 2 unspecified atom stereocenters. The van der Waals surface area contributed by atoms with Gasteiger partial charge in [-0.3, -0.25) is 4.79 Å². The Hall–Kier alpha value is -2.81. The van der Waals surface area contributed by atoms with E-state index < -0.39 is 29.1 Å². The molecule has 0 aromatic heterocycles.